The zero-order valence-electron chi connectivity index (χ0n) is 21.7. The number of nitrogens with zero attached hydrogens (tertiary/aromatic N) is 4. The third-order valence-corrected chi connectivity index (χ3v) is 6.61. The molecule has 0 aliphatic carbocycles. The SMILES string of the molecule is Cc1cc(C(=O)NCC(F)(F)F)nc2c1N1CC[C@@H](C1)N2C(=O)Nc1cc(OCC2COC(C)(C)O2)ccn1. The highest BCUT2D eigenvalue weighted by atomic mass is 19.4. The summed E-state index contributed by atoms with van der Waals surface area (Å²) in [5, 5.41) is 4.60. The molecule has 0 radical (unpaired) electrons. The van der Waals surface area contributed by atoms with Crippen LogP contribution in [0.2, 0.25) is 0 Å². The van der Waals surface area contributed by atoms with E-state index in [9.17, 15) is 22.8 Å². The van der Waals surface area contributed by atoms with E-state index in [1.54, 1.807) is 19.1 Å². The molecule has 2 aromatic rings. The molecule has 11 nitrogen and oxygen atoms in total. The van der Waals surface area contributed by atoms with Gasteiger partial charge in [0.2, 0.25) is 0 Å². The van der Waals surface area contributed by atoms with Crippen molar-refractivity contribution in [3.63, 3.8) is 0 Å². The maximum Gasteiger partial charge on any atom is 0.405 e. The Morgan fingerprint density at radius 1 is 1.28 bits per heavy atom. The smallest absolute Gasteiger partial charge is 0.405 e. The van der Waals surface area contributed by atoms with Gasteiger partial charge in [0.15, 0.2) is 11.6 Å². The molecular weight excluding hydrogens is 521 g/mol. The van der Waals surface area contributed by atoms with Crippen molar-refractivity contribution in [2.45, 2.75) is 51.3 Å². The van der Waals surface area contributed by atoms with Crippen LogP contribution in [0.15, 0.2) is 24.4 Å². The second-order valence-electron chi connectivity index (χ2n) is 10.1. The van der Waals surface area contributed by atoms with Gasteiger partial charge < -0.3 is 24.4 Å². The summed E-state index contributed by atoms with van der Waals surface area (Å²) in [5.74, 6) is -0.724. The van der Waals surface area contributed by atoms with Crippen LogP contribution in [0.5, 0.6) is 5.75 Å². The molecule has 39 heavy (non-hydrogen) atoms. The van der Waals surface area contributed by atoms with Crippen molar-refractivity contribution in [3.05, 3.63) is 35.7 Å². The van der Waals surface area contributed by atoms with Crippen LogP contribution in [-0.4, -0.2) is 78.9 Å². The first-order chi connectivity index (χ1) is 18.4. The quantitative estimate of drug-likeness (QED) is 0.563. The average Bonchev–Trinajstić information content (AvgIpc) is 3.43. The van der Waals surface area contributed by atoms with E-state index in [1.165, 1.54) is 17.2 Å². The molecule has 2 bridgehead atoms. The Morgan fingerprint density at radius 2 is 2.08 bits per heavy atom. The first kappa shape index (κ1) is 26.9. The molecule has 1 unspecified atom stereocenters. The number of ether oxygens (including phenoxy) is 3. The fourth-order valence-corrected chi connectivity index (χ4v) is 4.96. The Morgan fingerprint density at radius 3 is 2.79 bits per heavy atom. The number of hydrogen-bond donors (Lipinski definition) is 2. The minimum atomic E-state index is -4.56. The molecule has 2 fully saturated rings. The van der Waals surface area contributed by atoms with E-state index < -0.39 is 30.4 Å². The highest BCUT2D eigenvalue weighted by Crippen LogP contribution is 2.41. The first-order valence-electron chi connectivity index (χ1n) is 12.5. The Labute approximate surface area is 222 Å². The molecule has 3 amide bonds. The fourth-order valence-electron chi connectivity index (χ4n) is 4.96. The van der Waals surface area contributed by atoms with E-state index >= 15 is 0 Å². The number of urea groups is 1. The van der Waals surface area contributed by atoms with Crippen molar-refractivity contribution in [3.8, 4) is 5.75 Å². The number of carbonyl (C=O) groups is 2. The summed E-state index contributed by atoms with van der Waals surface area (Å²) < 4.78 is 55.0. The minimum Gasteiger partial charge on any atom is -0.491 e. The van der Waals surface area contributed by atoms with E-state index in [-0.39, 0.29) is 36.1 Å². The predicted octanol–water partition coefficient (Wildman–Crippen LogP) is 3.24. The van der Waals surface area contributed by atoms with Gasteiger partial charge in [-0.25, -0.2) is 14.8 Å². The van der Waals surface area contributed by atoms with Gasteiger partial charge >= 0.3 is 12.2 Å². The van der Waals surface area contributed by atoms with Crippen LogP contribution >= 0.6 is 0 Å². The van der Waals surface area contributed by atoms with Gasteiger partial charge in [-0.2, -0.15) is 13.2 Å². The molecule has 14 heteroatoms. The summed E-state index contributed by atoms with van der Waals surface area (Å²) in [7, 11) is 0. The van der Waals surface area contributed by atoms with Gasteiger partial charge in [0.05, 0.1) is 18.3 Å². The molecule has 3 aliphatic heterocycles. The van der Waals surface area contributed by atoms with Crippen LogP contribution < -0.4 is 25.2 Å². The van der Waals surface area contributed by atoms with Gasteiger partial charge in [-0.3, -0.25) is 15.0 Å². The van der Waals surface area contributed by atoms with E-state index in [1.807, 2.05) is 19.2 Å². The van der Waals surface area contributed by atoms with E-state index in [0.29, 0.717) is 43.1 Å². The largest absolute Gasteiger partial charge is 0.491 e. The van der Waals surface area contributed by atoms with Crippen molar-refractivity contribution < 1.29 is 37.0 Å². The molecule has 2 N–H and O–H groups in total. The molecule has 210 valence electrons. The number of fused-ring (bicyclic) bond motifs is 4. The molecule has 3 aliphatic rings. The lowest BCUT2D eigenvalue weighted by atomic mass is 10.1. The molecule has 2 saturated heterocycles. The Kier molecular flexibility index (Phi) is 7.01. The van der Waals surface area contributed by atoms with Crippen LogP contribution in [0.3, 0.4) is 0 Å². The maximum absolute atomic E-state index is 13.5. The first-order valence-corrected chi connectivity index (χ1v) is 12.5. The lowest BCUT2D eigenvalue weighted by molar-refractivity contribution is -0.141. The summed E-state index contributed by atoms with van der Waals surface area (Å²) in [6.45, 7) is 5.79. The molecule has 5 rings (SSSR count). The number of halogens is 3. The van der Waals surface area contributed by atoms with Gasteiger partial charge in [0.25, 0.3) is 5.91 Å². The average molecular weight is 551 g/mol. The van der Waals surface area contributed by atoms with Crippen LogP contribution in [0.4, 0.5) is 35.3 Å². The number of aromatic nitrogens is 2. The normalized spacial score (nSPS) is 21.5. The summed E-state index contributed by atoms with van der Waals surface area (Å²) >= 11 is 0. The second-order valence-corrected chi connectivity index (χ2v) is 10.1. The van der Waals surface area contributed by atoms with E-state index in [4.69, 9.17) is 14.2 Å². The zero-order chi connectivity index (χ0) is 27.9. The van der Waals surface area contributed by atoms with Crippen LogP contribution in [0.25, 0.3) is 0 Å². The lowest BCUT2D eigenvalue weighted by Gasteiger charge is -2.36. The third kappa shape index (κ3) is 6.01. The number of alkyl halides is 3. The predicted molar refractivity (Wildman–Crippen MR) is 134 cm³/mol. The summed E-state index contributed by atoms with van der Waals surface area (Å²) in [5.41, 5.74) is 1.09. The Balaban J connectivity index is 1.33. The van der Waals surface area contributed by atoms with Gasteiger partial charge in [-0.1, -0.05) is 0 Å². The number of hydrogen-bond acceptors (Lipinski definition) is 8. The second kappa shape index (κ2) is 10.2. The molecule has 2 aromatic heterocycles. The van der Waals surface area contributed by atoms with Crippen molar-refractivity contribution in [1.29, 1.82) is 0 Å². The van der Waals surface area contributed by atoms with E-state index in [2.05, 4.69) is 20.2 Å². The van der Waals surface area contributed by atoms with Crippen molar-refractivity contribution >= 4 is 29.3 Å². The van der Waals surface area contributed by atoms with Gasteiger partial charge in [0.1, 0.15) is 36.5 Å². The van der Waals surface area contributed by atoms with Crippen molar-refractivity contribution in [2.24, 2.45) is 0 Å². The topological polar surface area (TPSA) is 118 Å². The number of rotatable bonds is 6. The zero-order valence-corrected chi connectivity index (χ0v) is 21.7. The van der Waals surface area contributed by atoms with Crippen molar-refractivity contribution in [1.82, 2.24) is 15.3 Å². The fraction of sp³-hybridized carbons (Fsp3) is 0.520. The van der Waals surface area contributed by atoms with Crippen LogP contribution in [-0.2, 0) is 9.47 Å². The minimum absolute atomic E-state index is 0.203. The highest BCUT2D eigenvalue weighted by Gasteiger charge is 2.42. The number of amides is 3. The molecule has 5 heterocycles. The van der Waals surface area contributed by atoms with Gasteiger partial charge in [-0.05, 0) is 44.9 Å². The summed E-state index contributed by atoms with van der Waals surface area (Å²) in [4.78, 5) is 38.0. The molecule has 0 spiro atoms. The van der Waals surface area contributed by atoms with Gasteiger partial charge in [-0.15, -0.1) is 0 Å². The Hall–Kier alpha value is -3.65. The molecule has 0 saturated carbocycles. The van der Waals surface area contributed by atoms with E-state index in [0.717, 1.165) is 0 Å². The maximum atomic E-state index is 13.5. The number of carbonyl (C=O) groups excluding carboxylic acids is 2. The lowest BCUT2D eigenvalue weighted by Crippen LogP contribution is -2.49. The number of pyridine rings is 2. The summed E-state index contributed by atoms with van der Waals surface area (Å²) in [6.07, 6.45) is -2.64. The molecule has 2 atom stereocenters. The monoisotopic (exact) mass is 550 g/mol. The van der Waals surface area contributed by atoms with Crippen LogP contribution in [0, 0.1) is 6.92 Å². The molecular formula is C25H29F3N6O5. The molecule has 0 aromatic carbocycles. The van der Waals surface area contributed by atoms with Gasteiger partial charge in [0, 0.05) is 25.4 Å². The highest BCUT2D eigenvalue weighted by molar-refractivity contribution is 6.05. The number of nitrogens with one attached hydrogen (secondary N) is 2. The standard InChI is InChI=1S/C25H29F3N6O5/c1-14-8-18(22(35)30-13-25(26,27)28)31-21-20(14)33-7-5-15(10-33)34(21)23(36)32-19-9-16(4-6-29-19)37-11-17-12-38-24(2,3)39-17/h4,6,8-9,15,17H,5,7,10-13H2,1-3H3,(H,30,35)(H,29,32,36)/t15-,17?/m0/s1. The Bertz CT molecular complexity index is 1270. The van der Waals surface area contributed by atoms with Crippen molar-refractivity contribution in [2.75, 3.05) is 48.0 Å². The third-order valence-electron chi connectivity index (χ3n) is 6.61. The summed E-state index contributed by atoms with van der Waals surface area (Å²) in [6, 6.07) is 3.90. The number of aryl methyl sites for hydroxylation is 1. The van der Waals surface area contributed by atoms with Crippen LogP contribution in [0.1, 0.15) is 36.3 Å². The number of anilines is 3.